The zero-order chi connectivity index (χ0) is 14.8. The van der Waals surface area contributed by atoms with Gasteiger partial charge in [-0.15, -0.1) is 0 Å². The van der Waals surface area contributed by atoms with Crippen molar-refractivity contribution in [1.82, 2.24) is 5.43 Å². The van der Waals surface area contributed by atoms with E-state index in [2.05, 4.69) is 10.5 Å². The number of hydrogen-bond acceptors (Lipinski definition) is 5. The minimum Gasteiger partial charge on any atom is -0.456 e. The molecule has 1 aromatic carbocycles. The van der Waals surface area contributed by atoms with Gasteiger partial charge in [0, 0.05) is 5.56 Å². The lowest BCUT2D eigenvalue weighted by molar-refractivity contribution is 0.0926. The van der Waals surface area contributed by atoms with E-state index in [1.807, 2.05) is 18.2 Å². The first-order valence-electron chi connectivity index (χ1n) is 6.44. The summed E-state index contributed by atoms with van der Waals surface area (Å²) in [5.74, 6) is 1.91. The van der Waals surface area contributed by atoms with Crippen molar-refractivity contribution in [2.75, 3.05) is 6.79 Å². The summed E-state index contributed by atoms with van der Waals surface area (Å²) in [6.07, 6.45) is 0. The Morgan fingerprint density at radius 1 is 1.19 bits per heavy atom. The summed E-state index contributed by atoms with van der Waals surface area (Å²) in [4.78, 5) is 11.8. The first-order chi connectivity index (χ1) is 10.1. The number of carbonyl (C=O) groups excluding carboxylic acids is 1. The van der Waals surface area contributed by atoms with Crippen LogP contribution in [-0.4, -0.2) is 18.4 Å². The van der Waals surface area contributed by atoms with E-state index in [4.69, 9.17) is 13.9 Å². The van der Waals surface area contributed by atoms with Crippen LogP contribution in [0, 0.1) is 6.92 Å². The number of furan rings is 1. The lowest BCUT2D eigenvalue weighted by Gasteiger charge is -2.03. The monoisotopic (exact) mass is 286 g/mol. The van der Waals surface area contributed by atoms with Gasteiger partial charge in [-0.1, -0.05) is 0 Å². The second-order valence-corrected chi connectivity index (χ2v) is 4.62. The molecule has 0 atom stereocenters. The molecule has 0 fully saturated rings. The molecular weight excluding hydrogens is 272 g/mol. The second kappa shape index (κ2) is 5.32. The van der Waals surface area contributed by atoms with Gasteiger partial charge in [-0.3, -0.25) is 4.79 Å². The van der Waals surface area contributed by atoms with E-state index in [0.29, 0.717) is 23.0 Å². The van der Waals surface area contributed by atoms with Crippen molar-refractivity contribution in [3.8, 4) is 11.5 Å². The standard InChI is InChI=1S/C15H14N2O4/c1-9-3-5-13(21-9)15(18)17-16-10(2)11-4-6-12-14(7-11)20-8-19-12/h3-7H,8H2,1-2H3,(H,17,18). The van der Waals surface area contributed by atoms with Crippen LogP contribution < -0.4 is 14.9 Å². The van der Waals surface area contributed by atoms with Crippen LogP contribution in [0.15, 0.2) is 39.9 Å². The van der Waals surface area contributed by atoms with Crippen LogP contribution in [-0.2, 0) is 0 Å². The molecule has 1 N–H and O–H groups in total. The van der Waals surface area contributed by atoms with Crippen LogP contribution in [0.3, 0.4) is 0 Å². The summed E-state index contributed by atoms with van der Waals surface area (Å²) in [6, 6.07) is 8.83. The van der Waals surface area contributed by atoms with Gasteiger partial charge < -0.3 is 13.9 Å². The normalized spacial score (nSPS) is 13.3. The number of rotatable bonds is 3. The number of ether oxygens (including phenoxy) is 2. The fraction of sp³-hybridized carbons (Fsp3) is 0.200. The fourth-order valence-corrected chi connectivity index (χ4v) is 1.93. The summed E-state index contributed by atoms with van der Waals surface area (Å²) < 4.78 is 15.8. The lowest BCUT2D eigenvalue weighted by Crippen LogP contribution is -2.18. The minimum absolute atomic E-state index is 0.226. The number of nitrogens with zero attached hydrogens (tertiary/aromatic N) is 1. The van der Waals surface area contributed by atoms with Crippen molar-refractivity contribution in [2.24, 2.45) is 5.10 Å². The number of amides is 1. The Hall–Kier alpha value is -2.76. The average Bonchev–Trinajstić information content (AvgIpc) is 3.12. The third-order valence-corrected chi connectivity index (χ3v) is 3.08. The lowest BCUT2D eigenvalue weighted by atomic mass is 10.1. The predicted octanol–water partition coefficient (Wildman–Crippen LogP) is 2.47. The summed E-state index contributed by atoms with van der Waals surface area (Å²) in [5.41, 5.74) is 3.96. The molecule has 21 heavy (non-hydrogen) atoms. The number of aryl methyl sites for hydroxylation is 1. The minimum atomic E-state index is -0.386. The maximum atomic E-state index is 11.8. The second-order valence-electron chi connectivity index (χ2n) is 4.62. The molecule has 6 nitrogen and oxygen atoms in total. The van der Waals surface area contributed by atoms with Gasteiger partial charge in [0.15, 0.2) is 17.3 Å². The van der Waals surface area contributed by atoms with Gasteiger partial charge >= 0.3 is 5.91 Å². The van der Waals surface area contributed by atoms with E-state index >= 15 is 0 Å². The maximum Gasteiger partial charge on any atom is 0.307 e. The third kappa shape index (κ3) is 2.74. The topological polar surface area (TPSA) is 73.1 Å². The van der Waals surface area contributed by atoms with Gasteiger partial charge in [-0.25, -0.2) is 5.43 Å². The maximum absolute atomic E-state index is 11.8. The number of nitrogens with one attached hydrogen (secondary N) is 1. The molecule has 1 amide bonds. The first kappa shape index (κ1) is 13.2. The van der Waals surface area contributed by atoms with E-state index in [0.717, 1.165) is 5.56 Å². The Morgan fingerprint density at radius 3 is 2.76 bits per heavy atom. The molecule has 0 saturated heterocycles. The van der Waals surface area contributed by atoms with Crippen molar-refractivity contribution in [1.29, 1.82) is 0 Å². The number of carbonyl (C=O) groups is 1. The van der Waals surface area contributed by atoms with Gasteiger partial charge in [-0.2, -0.15) is 5.10 Å². The van der Waals surface area contributed by atoms with Crippen molar-refractivity contribution in [3.05, 3.63) is 47.4 Å². The highest BCUT2D eigenvalue weighted by Gasteiger charge is 2.14. The Morgan fingerprint density at radius 2 is 2.00 bits per heavy atom. The fourth-order valence-electron chi connectivity index (χ4n) is 1.93. The molecule has 6 heteroatoms. The smallest absolute Gasteiger partial charge is 0.307 e. The Bertz CT molecular complexity index is 718. The van der Waals surface area contributed by atoms with Crippen LogP contribution in [0.1, 0.15) is 28.8 Å². The molecule has 0 aliphatic carbocycles. The summed E-state index contributed by atoms with van der Waals surface area (Å²) in [6.45, 7) is 3.80. The highest BCUT2D eigenvalue weighted by Crippen LogP contribution is 2.32. The van der Waals surface area contributed by atoms with Crippen molar-refractivity contribution in [3.63, 3.8) is 0 Å². The highest BCUT2D eigenvalue weighted by atomic mass is 16.7. The van der Waals surface area contributed by atoms with Gasteiger partial charge in [-0.05, 0) is 44.2 Å². The summed E-state index contributed by atoms with van der Waals surface area (Å²) in [7, 11) is 0. The van der Waals surface area contributed by atoms with Crippen LogP contribution in [0.25, 0.3) is 0 Å². The number of fused-ring (bicyclic) bond motifs is 1. The van der Waals surface area contributed by atoms with Crippen LogP contribution in [0.4, 0.5) is 0 Å². The van der Waals surface area contributed by atoms with Gasteiger partial charge in [0.25, 0.3) is 0 Å². The molecule has 1 aliphatic heterocycles. The summed E-state index contributed by atoms with van der Waals surface area (Å²) in [5, 5.41) is 4.07. The van der Waals surface area contributed by atoms with E-state index in [1.54, 1.807) is 26.0 Å². The molecule has 108 valence electrons. The molecule has 0 bridgehead atoms. The van der Waals surface area contributed by atoms with Crippen LogP contribution in [0.2, 0.25) is 0 Å². The molecule has 0 spiro atoms. The molecule has 2 heterocycles. The molecule has 3 rings (SSSR count). The first-order valence-corrected chi connectivity index (χ1v) is 6.44. The molecule has 0 unspecified atom stereocenters. The Balaban J connectivity index is 1.72. The molecule has 2 aromatic rings. The zero-order valence-corrected chi connectivity index (χ0v) is 11.7. The van der Waals surface area contributed by atoms with Crippen LogP contribution >= 0.6 is 0 Å². The van der Waals surface area contributed by atoms with E-state index < -0.39 is 0 Å². The predicted molar refractivity (Wildman–Crippen MR) is 75.7 cm³/mol. The molecule has 0 radical (unpaired) electrons. The van der Waals surface area contributed by atoms with Gasteiger partial charge in [0.05, 0.1) is 5.71 Å². The van der Waals surface area contributed by atoms with Crippen molar-refractivity contribution >= 4 is 11.6 Å². The summed E-state index contributed by atoms with van der Waals surface area (Å²) >= 11 is 0. The highest BCUT2D eigenvalue weighted by molar-refractivity contribution is 6.00. The molecule has 1 aliphatic rings. The number of hydrazone groups is 1. The quantitative estimate of drug-likeness (QED) is 0.695. The average molecular weight is 286 g/mol. The van der Waals surface area contributed by atoms with Crippen LogP contribution in [0.5, 0.6) is 11.5 Å². The van der Waals surface area contributed by atoms with E-state index in [9.17, 15) is 4.79 Å². The van der Waals surface area contributed by atoms with Gasteiger partial charge in [0.1, 0.15) is 5.76 Å². The SMILES string of the molecule is CC(=NNC(=O)c1ccc(C)o1)c1ccc2c(c1)OCO2. The molecule has 0 saturated carbocycles. The largest absolute Gasteiger partial charge is 0.456 e. The number of benzene rings is 1. The third-order valence-electron chi connectivity index (χ3n) is 3.08. The zero-order valence-electron chi connectivity index (χ0n) is 11.7. The number of hydrogen-bond donors (Lipinski definition) is 1. The van der Waals surface area contributed by atoms with Gasteiger partial charge in [0.2, 0.25) is 6.79 Å². The van der Waals surface area contributed by atoms with Crippen molar-refractivity contribution in [2.45, 2.75) is 13.8 Å². The Labute approximate surface area is 121 Å². The Kier molecular flexibility index (Phi) is 3.35. The molecule has 1 aromatic heterocycles. The molecular formula is C15H14N2O4. The van der Waals surface area contributed by atoms with E-state index in [-0.39, 0.29) is 18.5 Å². The van der Waals surface area contributed by atoms with Crippen molar-refractivity contribution < 1.29 is 18.7 Å². The van der Waals surface area contributed by atoms with E-state index in [1.165, 1.54) is 0 Å².